The number of methoxy groups -OCH3 is 1. The molecule has 106 valence electrons. The molecular weight excluding hydrogens is 321 g/mol. The molecule has 0 aliphatic carbocycles. The molecule has 1 aliphatic rings. The van der Waals surface area contributed by atoms with E-state index in [2.05, 4.69) is 22.0 Å². The second kappa shape index (κ2) is 5.07. The molecule has 20 heavy (non-hydrogen) atoms. The summed E-state index contributed by atoms with van der Waals surface area (Å²) in [5, 5.41) is 9.35. The Hall–Kier alpha value is -1.03. The number of benzene rings is 1. The van der Waals surface area contributed by atoms with Crippen molar-refractivity contribution in [2.24, 2.45) is 0 Å². The lowest BCUT2D eigenvalue weighted by Gasteiger charge is -2.32. The minimum Gasteiger partial charge on any atom is -0.497 e. The molecule has 6 heteroatoms. The molecule has 0 N–H and O–H groups in total. The van der Waals surface area contributed by atoms with Crippen LogP contribution in [0, 0.1) is 11.3 Å². The van der Waals surface area contributed by atoms with Gasteiger partial charge in [0.2, 0.25) is 0 Å². The molecule has 1 saturated heterocycles. The van der Waals surface area contributed by atoms with E-state index in [1.54, 1.807) is 19.2 Å². The highest BCUT2D eigenvalue weighted by Gasteiger charge is 2.52. The average Bonchev–Trinajstić information content (AvgIpc) is 2.57. The van der Waals surface area contributed by atoms with Gasteiger partial charge in [0.25, 0.3) is 0 Å². The van der Waals surface area contributed by atoms with Crippen LogP contribution in [0.1, 0.15) is 33.3 Å². The van der Waals surface area contributed by atoms with Crippen molar-refractivity contribution >= 4 is 28.5 Å². The number of rotatable bonds is 2. The lowest BCUT2D eigenvalue weighted by Crippen LogP contribution is -2.41. The minimum absolute atomic E-state index is 0.444. The molecular formula is C14H17BBrNO3. The van der Waals surface area contributed by atoms with Gasteiger partial charge in [0.05, 0.1) is 29.9 Å². The highest BCUT2D eigenvalue weighted by Crippen LogP contribution is 2.37. The lowest BCUT2D eigenvalue weighted by molar-refractivity contribution is 0.00578. The van der Waals surface area contributed by atoms with Gasteiger partial charge in [0.1, 0.15) is 5.75 Å². The maximum atomic E-state index is 9.35. The molecule has 0 unspecified atom stereocenters. The fourth-order valence-corrected chi connectivity index (χ4v) is 2.54. The van der Waals surface area contributed by atoms with Crippen LogP contribution in [0.4, 0.5) is 0 Å². The van der Waals surface area contributed by atoms with Crippen molar-refractivity contribution < 1.29 is 14.0 Å². The first kappa shape index (κ1) is 15.4. The van der Waals surface area contributed by atoms with Crippen LogP contribution in [0.5, 0.6) is 5.75 Å². The topological polar surface area (TPSA) is 51.5 Å². The molecule has 1 aromatic rings. The van der Waals surface area contributed by atoms with E-state index < -0.39 is 18.3 Å². The van der Waals surface area contributed by atoms with Crippen molar-refractivity contribution in [2.75, 3.05) is 7.11 Å². The Morgan fingerprint density at radius 2 is 1.75 bits per heavy atom. The van der Waals surface area contributed by atoms with Crippen LogP contribution in [-0.2, 0) is 9.31 Å². The molecule has 0 spiro atoms. The van der Waals surface area contributed by atoms with Crippen LogP contribution < -0.4 is 10.2 Å². The van der Waals surface area contributed by atoms with Gasteiger partial charge in [0, 0.05) is 9.94 Å². The summed E-state index contributed by atoms with van der Waals surface area (Å²) < 4.78 is 17.9. The third kappa shape index (κ3) is 2.46. The van der Waals surface area contributed by atoms with Gasteiger partial charge in [0.15, 0.2) is 0 Å². The van der Waals surface area contributed by atoms with E-state index >= 15 is 0 Å². The summed E-state index contributed by atoms with van der Waals surface area (Å²) in [7, 11) is 1.00. The Morgan fingerprint density at radius 1 is 1.20 bits per heavy atom. The third-order valence-electron chi connectivity index (χ3n) is 3.95. The molecule has 2 rings (SSSR count). The number of hydrogen-bond donors (Lipinski definition) is 0. The van der Waals surface area contributed by atoms with Crippen LogP contribution >= 0.6 is 15.9 Å². The van der Waals surface area contributed by atoms with Gasteiger partial charge in [-0.15, -0.1) is 0 Å². The largest absolute Gasteiger partial charge is 0.497 e. The van der Waals surface area contributed by atoms with E-state index in [4.69, 9.17) is 14.0 Å². The first-order valence-corrected chi connectivity index (χ1v) is 7.14. The zero-order valence-electron chi connectivity index (χ0n) is 12.3. The highest BCUT2D eigenvalue weighted by molar-refractivity contribution is 9.10. The van der Waals surface area contributed by atoms with Crippen molar-refractivity contribution in [2.45, 2.75) is 38.9 Å². The Labute approximate surface area is 128 Å². The van der Waals surface area contributed by atoms with Crippen molar-refractivity contribution in [1.82, 2.24) is 0 Å². The van der Waals surface area contributed by atoms with Crippen LogP contribution in [0.3, 0.4) is 0 Å². The van der Waals surface area contributed by atoms with Crippen LogP contribution in [-0.4, -0.2) is 25.4 Å². The number of nitriles is 1. The van der Waals surface area contributed by atoms with Gasteiger partial charge in [-0.3, -0.25) is 0 Å². The summed E-state index contributed by atoms with van der Waals surface area (Å²) >= 11 is 3.39. The summed E-state index contributed by atoms with van der Waals surface area (Å²) in [6, 6.07) is 5.72. The Kier molecular flexibility index (Phi) is 3.89. The highest BCUT2D eigenvalue weighted by atomic mass is 79.9. The molecule has 1 fully saturated rings. The van der Waals surface area contributed by atoms with Gasteiger partial charge >= 0.3 is 7.12 Å². The predicted molar refractivity (Wildman–Crippen MR) is 81.1 cm³/mol. The molecule has 1 aliphatic heterocycles. The molecule has 0 saturated carbocycles. The fourth-order valence-electron chi connectivity index (χ4n) is 1.99. The summed E-state index contributed by atoms with van der Waals surface area (Å²) in [4.78, 5) is 0. The zero-order valence-corrected chi connectivity index (χ0v) is 13.9. The molecule has 0 amide bonds. The summed E-state index contributed by atoms with van der Waals surface area (Å²) in [5.74, 6) is 0.653. The SMILES string of the molecule is COc1cc(Br)c(C#N)c(B2OC(C)(C)C(C)(C)O2)c1. The monoisotopic (exact) mass is 337 g/mol. The second-order valence-electron chi connectivity index (χ2n) is 5.77. The van der Waals surface area contributed by atoms with Crippen LogP contribution in [0.2, 0.25) is 0 Å². The minimum atomic E-state index is -0.582. The van der Waals surface area contributed by atoms with Crippen molar-refractivity contribution in [3.8, 4) is 11.8 Å². The summed E-state index contributed by atoms with van der Waals surface area (Å²) in [6.45, 7) is 7.92. The summed E-state index contributed by atoms with van der Waals surface area (Å²) in [6.07, 6.45) is 0. The van der Waals surface area contributed by atoms with E-state index in [0.29, 0.717) is 21.2 Å². The first-order chi connectivity index (χ1) is 9.21. The first-order valence-electron chi connectivity index (χ1n) is 6.35. The van der Waals surface area contributed by atoms with Crippen molar-refractivity contribution in [3.05, 3.63) is 22.2 Å². The van der Waals surface area contributed by atoms with E-state index in [-0.39, 0.29) is 0 Å². The van der Waals surface area contributed by atoms with E-state index in [9.17, 15) is 5.26 Å². The van der Waals surface area contributed by atoms with Gasteiger partial charge in [-0.2, -0.15) is 5.26 Å². The molecule has 0 bridgehead atoms. The Morgan fingerprint density at radius 3 is 2.20 bits per heavy atom. The van der Waals surface area contributed by atoms with Gasteiger partial charge in [-0.25, -0.2) is 0 Å². The predicted octanol–water partition coefficient (Wildman–Crippen LogP) is 2.63. The van der Waals surface area contributed by atoms with Gasteiger partial charge < -0.3 is 14.0 Å². The lowest BCUT2D eigenvalue weighted by atomic mass is 9.76. The molecule has 1 heterocycles. The smallest absolute Gasteiger partial charge is 0.496 e. The molecule has 0 radical (unpaired) electrons. The number of halogens is 1. The van der Waals surface area contributed by atoms with Gasteiger partial charge in [-0.1, -0.05) is 0 Å². The summed E-state index contributed by atoms with van der Waals surface area (Å²) in [5.41, 5.74) is 0.293. The number of nitrogens with zero attached hydrogens (tertiary/aromatic N) is 1. The van der Waals surface area contributed by atoms with Crippen LogP contribution in [0.15, 0.2) is 16.6 Å². The third-order valence-corrected chi connectivity index (χ3v) is 4.57. The number of hydrogen-bond acceptors (Lipinski definition) is 4. The fraction of sp³-hybridized carbons (Fsp3) is 0.500. The van der Waals surface area contributed by atoms with Gasteiger partial charge in [-0.05, 0) is 55.8 Å². The van der Waals surface area contributed by atoms with E-state index in [1.165, 1.54) is 0 Å². The second-order valence-corrected chi connectivity index (χ2v) is 6.63. The van der Waals surface area contributed by atoms with Crippen molar-refractivity contribution in [1.29, 1.82) is 5.26 Å². The molecule has 0 aromatic heterocycles. The number of ether oxygens (including phenoxy) is 1. The zero-order chi connectivity index (χ0) is 15.1. The Balaban J connectivity index is 2.49. The van der Waals surface area contributed by atoms with Crippen molar-refractivity contribution in [3.63, 3.8) is 0 Å². The maximum absolute atomic E-state index is 9.35. The quantitative estimate of drug-likeness (QED) is 0.778. The standard InChI is InChI=1S/C14H17BBrNO3/c1-13(2)14(3,4)20-15(19-13)11-6-9(18-5)7-12(16)10(11)8-17/h6-7H,1-5H3. The molecule has 0 atom stereocenters. The van der Waals surface area contributed by atoms with Crippen LogP contribution in [0.25, 0.3) is 0 Å². The molecule has 1 aromatic carbocycles. The average molecular weight is 338 g/mol. The molecule has 4 nitrogen and oxygen atoms in total. The maximum Gasteiger partial charge on any atom is 0.496 e. The normalized spacial score (nSPS) is 19.8. The van der Waals surface area contributed by atoms with E-state index in [1.807, 2.05) is 27.7 Å². The van der Waals surface area contributed by atoms with E-state index in [0.717, 1.165) is 0 Å². The Bertz CT molecular complexity index is 565.